The van der Waals surface area contributed by atoms with Crippen molar-refractivity contribution in [2.75, 3.05) is 22.5 Å². The zero-order valence-electron chi connectivity index (χ0n) is 16.2. The summed E-state index contributed by atoms with van der Waals surface area (Å²) in [5, 5.41) is 3.95. The fraction of sp³-hybridized carbons (Fsp3) is 0.263. The summed E-state index contributed by atoms with van der Waals surface area (Å²) in [6, 6.07) is 8.64. The van der Waals surface area contributed by atoms with Crippen molar-refractivity contribution in [2.24, 2.45) is 0 Å². The fourth-order valence-corrected chi connectivity index (χ4v) is 6.63. The molecule has 0 amide bonds. The number of hydrogen-bond donors (Lipinski definition) is 4. The first-order chi connectivity index (χ1) is 14.7. The molecule has 0 unspecified atom stereocenters. The second-order valence-electron chi connectivity index (χ2n) is 7.21. The van der Waals surface area contributed by atoms with E-state index in [0.29, 0.717) is 58.3 Å². The molecule has 1 aromatic heterocycles. The highest BCUT2D eigenvalue weighted by molar-refractivity contribution is 7.93. The summed E-state index contributed by atoms with van der Waals surface area (Å²) in [7, 11) is -7.47. The minimum absolute atomic E-state index is 0.0157. The minimum Gasteiger partial charge on any atom is -0.358 e. The molecule has 0 atom stereocenters. The molecule has 8 nitrogen and oxygen atoms in total. The van der Waals surface area contributed by atoms with Crippen molar-refractivity contribution in [2.45, 2.75) is 23.0 Å². The minimum atomic E-state index is -3.93. The van der Waals surface area contributed by atoms with Gasteiger partial charge in [0, 0.05) is 17.3 Å². The molecule has 4 rings (SSSR count). The highest BCUT2D eigenvalue weighted by atomic mass is 35.5. The second kappa shape index (κ2) is 8.51. The Kier molecular flexibility index (Phi) is 6.10. The molecule has 0 spiro atoms. The number of sulfonamides is 2. The predicted molar refractivity (Wildman–Crippen MR) is 124 cm³/mol. The van der Waals surface area contributed by atoms with Crippen LogP contribution in [0.5, 0.6) is 0 Å². The van der Waals surface area contributed by atoms with Crippen LogP contribution in [0.4, 0.5) is 11.4 Å². The van der Waals surface area contributed by atoms with E-state index in [2.05, 4.69) is 19.7 Å². The van der Waals surface area contributed by atoms with E-state index in [9.17, 15) is 16.8 Å². The highest BCUT2D eigenvalue weighted by Crippen LogP contribution is 2.35. The fourth-order valence-electron chi connectivity index (χ4n) is 3.51. The lowest BCUT2D eigenvalue weighted by molar-refractivity contribution is 0.499. The first-order valence-electron chi connectivity index (χ1n) is 9.48. The number of aromatic amines is 1. The number of benzene rings is 2. The van der Waals surface area contributed by atoms with Crippen molar-refractivity contribution in [3.05, 3.63) is 52.6 Å². The van der Waals surface area contributed by atoms with E-state index < -0.39 is 25.3 Å². The average molecular weight is 503 g/mol. The van der Waals surface area contributed by atoms with Gasteiger partial charge in [-0.1, -0.05) is 23.2 Å². The van der Waals surface area contributed by atoms with Crippen LogP contribution in [-0.2, 0) is 20.0 Å². The molecular weight excluding hydrogens is 483 g/mol. The first-order valence-corrected chi connectivity index (χ1v) is 13.3. The van der Waals surface area contributed by atoms with Gasteiger partial charge >= 0.3 is 0 Å². The van der Waals surface area contributed by atoms with Crippen LogP contribution in [0.15, 0.2) is 47.5 Å². The number of hydrogen-bond acceptors (Lipinski definition) is 5. The molecule has 4 N–H and O–H groups in total. The van der Waals surface area contributed by atoms with E-state index in [1.165, 1.54) is 36.5 Å². The molecule has 0 aliphatic carbocycles. The van der Waals surface area contributed by atoms with Gasteiger partial charge in [-0.2, -0.15) is 0 Å². The maximum atomic E-state index is 12.8. The van der Waals surface area contributed by atoms with Crippen LogP contribution in [0.1, 0.15) is 12.8 Å². The Labute approximate surface area is 190 Å². The van der Waals surface area contributed by atoms with Crippen LogP contribution in [0.2, 0.25) is 10.0 Å². The predicted octanol–water partition coefficient (Wildman–Crippen LogP) is 3.77. The number of piperidine rings is 1. The lowest BCUT2D eigenvalue weighted by atomic mass is 10.2. The van der Waals surface area contributed by atoms with Crippen LogP contribution >= 0.6 is 23.2 Å². The van der Waals surface area contributed by atoms with E-state index in [1.54, 1.807) is 6.07 Å². The monoisotopic (exact) mass is 502 g/mol. The van der Waals surface area contributed by atoms with E-state index in [1.807, 2.05) is 0 Å². The quantitative estimate of drug-likeness (QED) is 0.408. The summed E-state index contributed by atoms with van der Waals surface area (Å²) < 4.78 is 55.8. The first kappa shape index (κ1) is 22.2. The largest absolute Gasteiger partial charge is 0.358 e. The molecule has 31 heavy (non-hydrogen) atoms. The second-order valence-corrected chi connectivity index (χ2v) is 11.7. The number of nitrogens with one attached hydrogen (secondary N) is 4. The lowest BCUT2D eigenvalue weighted by Gasteiger charge is -2.23. The number of halogens is 2. The van der Waals surface area contributed by atoms with Gasteiger partial charge in [0.15, 0.2) is 0 Å². The zero-order valence-corrected chi connectivity index (χ0v) is 19.3. The summed E-state index contributed by atoms with van der Waals surface area (Å²) >= 11 is 12.3. The van der Waals surface area contributed by atoms with Crippen molar-refractivity contribution < 1.29 is 16.8 Å². The van der Waals surface area contributed by atoms with Gasteiger partial charge in [-0.15, -0.1) is 0 Å². The summed E-state index contributed by atoms with van der Waals surface area (Å²) in [5.41, 5.74) is 1.07. The summed E-state index contributed by atoms with van der Waals surface area (Å²) in [4.78, 5) is 2.90. The Bertz CT molecular complexity index is 1320. The Balaban J connectivity index is 1.54. The van der Waals surface area contributed by atoms with Crippen LogP contribution in [0.25, 0.3) is 10.9 Å². The highest BCUT2D eigenvalue weighted by Gasteiger charge is 2.27. The zero-order chi connectivity index (χ0) is 22.2. The van der Waals surface area contributed by atoms with Crippen LogP contribution in [0.3, 0.4) is 0 Å². The van der Waals surface area contributed by atoms with E-state index in [-0.39, 0.29) is 4.90 Å². The van der Waals surface area contributed by atoms with Gasteiger partial charge in [0.2, 0.25) is 10.0 Å². The van der Waals surface area contributed by atoms with Crippen molar-refractivity contribution >= 4 is 65.5 Å². The molecule has 0 bridgehead atoms. The topological polar surface area (TPSA) is 120 Å². The Morgan fingerprint density at radius 2 is 1.55 bits per heavy atom. The van der Waals surface area contributed by atoms with E-state index in [4.69, 9.17) is 23.2 Å². The van der Waals surface area contributed by atoms with Gasteiger partial charge in [-0.3, -0.25) is 9.44 Å². The summed E-state index contributed by atoms with van der Waals surface area (Å²) in [6.45, 7) is 1.30. The van der Waals surface area contributed by atoms with Gasteiger partial charge < -0.3 is 10.3 Å². The Morgan fingerprint density at radius 1 is 0.871 bits per heavy atom. The van der Waals surface area contributed by atoms with Gasteiger partial charge in [0.25, 0.3) is 10.0 Å². The van der Waals surface area contributed by atoms with Crippen LogP contribution < -0.4 is 14.8 Å². The van der Waals surface area contributed by atoms with Crippen molar-refractivity contribution in [1.82, 2.24) is 10.3 Å². The molecule has 2 heterocycles. The maximum Gasteiger partial charge on any atom is 0.261 e. The molecule has 2 aromatic carbocycles. The Morgan fingerprint density at radius 3 is 2.23 bits per heavy atom. The third-order valence-electron chi connectivity index (χ3n) is 5.13. The van der Waals surface area contributed by atoms with Crippen LogP contribution in [0, 0.1) is 0 Å². The van der Waals surface area contributed by atoms with Crippen molar-refractivity contribution in [3.8, 4) is 0 Å². The molecule has 1 fully saturated rings. The number of rotatable bonds is 6. The normalized spacial score (nSPS) is 15.8. The molecule has 3 aromatic rings. The summed E-state index contributed by atoms with van der Waals surface area (Å²) in [5.74, 6) is 0. The number of fused-ring (bicyclic) bond motifs is 1. The van der Waals surface area contributed by atoms with Gasteiger partial charge in [-0.25, -0.2) is 16.8 Å². The van der Waals surface area contributed by atoms with Crippen molar-refractivity contribution in [3.63, 3.8) is 0 Å². The number of H-pyrrole nitrogens is 1. The molecule has 166 valence electrons. The standard InChI is InChI=1S/C19H20Cl2N4O4S2/c20-15-5-6-17(19-18(15)16(21)11-23-19)25-31(28,29)13-3-1-12(2-4-13)24-30(26,27)14-7-9-22-10-8-14/h1-6,11,14,22-25H,7-10H2. The lowest BCUT2D eigenvalue weighted by Crippen LogP contribution is -2.38. The number of anilines is 2. The molecule has 1 aliphatic heterocycles. The molecule has 12 heteroatoms. The maximum absolute atomic E-state index is 12.8. The number of aromatic nitrogens is 1. The summed E-state index contributed by atoms with van der Waals surface area (Å²) in [6.07, 6.45) is 2.59. The third-order valence-corrected chi connectivity index (χ3v) is 8.99. The SMILES string of the molecule is O=S(=O)(Nc1ccc(Cl)c2c(Cl)c[nH]c12)c1ccc(NS(=O)(=O)C2CCNCC2)cc1. The molecule has 1 aliphatic rings. The molecule has 1 saturated heterocycles. The molecule has 0 saturated carbocycles. The average Bonchev–Trinajstić information content (AvgIpc) is 3.14. The van der Waals surface area contributed by atoms with Gasteiger partial charge in [-0.05, 0) is 62.3 Å². The Hall–Kier alpha value is -1.98. The smallest absolute Gasteiger partial charge is 0.261 e. The van der Waals surface area contributed by atoms with Gasteiger partial charge in [0.1, 0.15) is 0 Å². The third kappa shape index (κ3) is 4.63. The van der Waals surface area contributed by atoms with Crippen LogP contribution in [-0.4, -0.2) is 40.2 Å². The molecule has 0 radical (unpaired) electrons. The van der Waals surface area contributed by atoms with Crippen molar-refractivity contribution in [1.29, 1.82) is 0 Å². The van der Waals surface area contributed by atoms with E-state index in [0.717, 1.165) is 0 Å². The molecular formula is C19H20Cl2N4O4S2. The van der Waals surface area contributed by atoms with Gasteiger partial charge in [0.05, 0.1) is 31.4 Å². The van der Waals surface area contributed by atoms with E-state index >= 15 is 0 Å².